The molecule has 1 aliphatic carbocycles. The van der Waals surface area contributed by atoms with Crippen LogP contribution in [0.15, 0.2) is 18.2 Å². The highest BCUT2D eigenvalue weighted by molar-refractivity contribution is 5.67. The summed E-state index contributed by atoms with van der Waals surface area (Å²) in [4.78, 5) is 11.8. The van der Waals surface area contributed by atoms with Gasteiger partial charge in [-0.2, -0.15) is 0 Å². The summed E-state index contributed by atoms with van der Waals surface area (Å²) in [7, 11) is 0. The summed E-state index contributed by atoms with van der Waals surface area (Å²) in [6.45, 7) is 7.90. The first kappa shape index (κ1) is 17.6. The fraction of sp³-hybridized carbons (Fsp3) is 0.611. The normalized spacial score (nSPS) is 21.1. The summed E-state index contributed by atoms with van der Waals surface area (Å²) < 4.78 is 18.6. The molecule has 4 nitrogen and oxygen atoms in total. The van der Waals surface area contributed by atoms with Crippen molar-refractivity contribution in [1.29, 1.82) is 0 Å². The molecule has 0 spiro atoms. The molecular formula is C18H27FN2O2. The van der Waals surface area contributed by atoms with E-state index in [2.05, 4.69) is 10.6 Å². The Bertz CT molecular complexity index is 554. The Morgan fingerprint density at radius 3 is 2.74 bits per heavy atom. The zero-order chi connectivity index (χ0) is 17.0. The van der Waals surface area contributed by atoms with Gasteiger partial charge in [-0.25, -0.2) is 9.18 Å². The number of hydrogen-bond acceptors (Lipinski definition) is 3. The Labute approximate surface area is 137 Å². The molecule has 2 unspecified atom stereocenters. The molecule has 1 amide bonds. The molecule has 128 valence electrons. The maximum absolute atomic E-state index is 13.3. The minimum absolute atomic E-state index is 0.190. The zero-order valence-electron chi connectivity index (χ0n) is 14.4. The second kappa shape index (κ2) is 7.20. The average Bonchev–Trinajstić information content (AvgIpc) is 2.86. The molecule has 23 heavy (non-hydrogen) atoms. The molecule has 1 aliphatic rings. The van der Waals surface area contributed by atoms with Crippen molar-refractivity contribution >= 4 is 11.8 Å². The lowest BCUT2D eigenvalue weighted by molar-refractivity contribution is 0.0519. The van der Waals surface area contributed by atoms with Crippen LogP contribution in [0.5, 0.6) is 0 Å². The lowest BCUT2D eigenvalue weighted by atomic mass is 10.0. The van der Waals surface area contributed by atoms with E-state index in [-0.39, 0.29) is 18.0 Å². The van der Waals surface area contributed by atoms with E-state index in [1.807, 2.05) is 26.8 Å². The first-order chi connectivity index (χ1) is 10.7. The van der Waals surface area contributed by atoms with Crippen molar-refractivity contribution in [2.45, 2.75) is 58.6 Å². The van der Waals surface area contributed by atoms with Gasteiger partial charge in [-0.3, -0.25) is 0 Å². The Hall–Kier alpha value is -1.78. The lowest BCUT2D eigenvalue weighted by Crippen LogP contribution is -2.38. The van der Waals surface area contributed by atoms with Crippen LogP contribution in [0.1, 0.15) is 45.6 Å². The van der Waals surface area contributed by atoms with Crippen LogP contribution in [-0.2, 0) is 4.74 Å². The molecule has 2 N–H and O–H groups in total. The molecule has 1 aromatic carbocycles. The van der Waals surface area contributed by atoms with Crippen LogP contribution >= 0.6 is 0 Å². The summed E-state index contributed by atoms with van der Waals surface area (Å²) >= 11 is 0. The minimum Gasteiger partial charge on any atom is -0.444 e. The Morgan fingerprint density at radius 2 is 2.09 bits per heavy atom. The number of aryl methyl sites for hydroxylation is 1. The molecule has 2 atom stereocenters. The monoisotopic (exact) mass is 322 g/mol. The van der Waals surface area contributed by atoms with Crippen molar-refractivity contribution in [3.63, 3.8) is 0 Å². The summed E-state index contributed by atoms with van der Waals surface area (Å²) in [5.74, 6) is 0.165. The first-order valence-corrected chi connectivity index (χ1v) is 8.24. The molecule has 0 heterocycles. The number of anilines is 1. The van der Waals surface area contributed by atoms with Crippen LogP contribution < -0.4 is 10.6 Å². The molecule has 0 bridgehead atoms. The van der Waals surface area contributed by atoms with E-state index in [4.69, 9.17) is 4.74 Å². The van der Waals surface area contributed by atoms with Crippen LogP contribution in [0.4, 0.5) is 14.9 Å². The van der Waals surface area contributed by atoms with Crippen LogP contribution in [-0.4, -0.2) is 24.3 Å². The van der Waals surface area contributed by atoms with Crippen LogP contribution in [0.3, 0.4) is 0 Å². The van der Waals surface area contributed by atoms with Crippen molar-refractivity contribution in [3.8, 4) is 0 Å². The molecule has 1 saturated carbocycles. The van der Waals surface area contributed by atoms with Crippen molar-refractivity contribution in [2.75, 3.05) is 11.9 Å². The van der Waals surface area contributed by atoms with Crippen molar-refractivity contribution in [3.05, 3.63) is 29.6 Å². The van der Waals surface area contributed by atoms with Gasteiger partial charge in [-0.15, -0.1) is 0 Å². The fourth-order valence-electron chi connectivity index (χ4n) is 2.95. The smallest absolute Gasteiger partial charge is 0.407 e. The number of alkyl carbamates (subject to hydrolysis) is 1. The maximum Gasteiger partial charge on any atom is 0.407 e. The highest BCUT2D eigenvalue weighted by atomic mass is 19.1. The minimum atomic E-state index is -0.483. The Morgan fingerprint density at radius 1 is 1.35 bits per heavy atom. The van der Waals surface area contributed by atoms with Gasteiger partial charge in [-0.1, -0.05) is 6.42 Å². The maximum atomic E-state index is 13.3. The fourth-order valence-corrected chi connectivity index (χ4v) is 2.95. The van der Waals surface area contributed by atoms with Crippen LogP contribution in [0.25, 0.3) is 0 Å². The van der Waals surface area contributed by atoms with E-state index in [1.54, 1.807) is 13.0 Å². The predicted molar refractivity (Wildman–Crippen MR) is 90.1 cm³/mol. The van der Waals surface area contributed by atoms with Gasteiger partial charge in [0.1, 0.15) is 11.4 Å². The van der Waals surface area contributed by atoms with Gasteiger partial charge in [0.15, 0.2) is 0 Å². The predicted octanol–water partition coefficient (Wildman–Crippen LogP) is 4.24. The zero-order valence-corrected chi connectivity index (χ0v) is 14.4. The van der Waals surface area contributed by atoms with E-state index in [0.29, 0.717) is 18.0 Å². The highest BCUT2D eigenvalue weighted by Gasteiger charge is 2.28. The second-order valence-electron chi connectivity index (χ2n) is 7.29. The summed E-state index contributed by atoms with van der Waals surface area (Å²) in [5, 5.41) is 6.33. The number of halogens is 1. The van der Waals surface area contributed by atoms with Crippen LogP contribution in [0.2, 0.25) is 0 Å². The van der Waals surface area contributed by atoms with Gasteiger partial charge in [0.2, 0.25) is 0 Å². The average molecular weight is 322 g/mol. The third-order valence-electron chi connectivity index (χ3n) is 4.08. The number of benzene rings is 1. The van der Waals surface area contributed by atoms with Crippen molar-refractivity contribution in [2.24, 2.45) is 5.92 Å². The summed E-state index contributed by atoms with van der Waals surface area (Å²) in [6, 6.07) is 5.36. The van der Waals surface area contributed by atoms with E-state index in [1.165, 1.54) is 6.07 Å². The molecule has 0 aromatic heterocycles. The third kappa shape index (κ3) is 5.41. The van der Waals surface area contributed by atoms with E-state index in [0.717, 1.165) is 24.9 Å². The van der Waals surface area contributed by atoms with E-state index >= 15 is 0 Å². The third-order valence-corrected chi connectivity index (χ3v) is 4.08. The van der Waals surface area contributed by atoms with Crippen LogP contribution in [0, 0.1) is 18.7 Å². The molecular weight excluding hydrogens is 295 g/mol. The topological polar surface area (TPSA) is 50.4 Å². The van der Waals surface area contributed by atoms with E-state index < -0.39 is 5.60 Å². The van der Waals surface area contributed by atoms with Gasteiger partial charge in [0.25, 0.3) is 0 Å². The number of nitrogens with one attached hydrogen (secondary N) is 2. The molecule has 5 heteroatoms. The summed E-state index contributed by atoms with van der Waals surface area (Å²) in [6.07, 6.45) is 2.87. The standard InChI is InChI=1S/C18H27FN2O2/c1-12-10-14(8-9-15(12)19)21-16-7-5-6-13(16)11-20-17(22)23-18(2,3)4/h8-10,13,16,21H,5-7,11H2,1-4H3,(H,20,22). The van der Waals surface area contributed by atoms with Gasteiger partial charge in [0.05, 0.1) is 0 Å². The number of hydrogen-bond donors (Lipinski definition) is 2. The second-order valence-corrected chi connectivity index (χ2v) is 7.29. The largest absolute Gasteiger partial charge is 0.444 e. The number of carbonyl (C=O) groups excluding carboxylic acids is 1. The Kier molecular flexibility index (Phi) is 5.50. The molecule has 1 fully saturated rings. The molecule has 0 aliphatic heterocycles. The number of ether oxygens (including phenoxy) is 1. The first-order valence-electron chi connectivity index (χ1n) is 8.24. The van der Waals surface area contributed by atoms with Crippen molar-refractivity contribution in [1.82, 2.24) is 5.32 Å². The van der Waals surface area contributed by atoms with Gasteiger partial charge in [-0.05, 0) is 70.2 Å². The SMILES string of the molecule is Cc1cc(NC2CCCC2CNC(=O)OC(C)(C)C)ccc1F. The van der Waals surface area contributed by atoms with Gasteiger partial charge < -0.3 is 15.4 Å². The molecule has 0 radical (unpaired) electrons. The van der Waals surface area contributed by atoms with Gasteiger partial charge >= 0.3 is 6.09 Å². The highest BCUT2D eigenvalue weighted by Crippen LogP contribution is 2.28. The quantitative estimate of drug-likeness (QED) is 0.872. The molecule has 2 rings (SSSR count). The number of carbonyl (C=O) groups is 1. The number of rotatable bonds is 4. The summed E-state index contributed by atoms with van der Waals surface area (Å²) in [5.41, 5.74) is 1.08. The van der Waals surface area contributed by atoms with E-state index in [9.17, 15) is 9.18 Å². The Balaban J connectivity index is 1.87. The molecule has 0 saturated heterocycles. The lowest BCUT2D eigenvalue weighted by Gasteiger charge is -2.24. The van der Waals surface area contributed by atoms with Crippen molar-refractivity contribution < 1.29 is 13.9 Å². The van der Waals surface area contributed by atoms with Gasteiger partial charge in [0, 0.05) is 18.3 Å². The molecule has 1 aromatic rings. The number of amides is 1.